The molecule has 0 heterocycles. The average molecular weight is 270 g/mol. The Morgan fingerprint density at radius 1 is 1.28 bits per heavy atom. The predicted molar refractivity (Wildman–Crippen MR) is 73.9 cm³/mol. The molecule has 18 heavy (non-hydrogen) atoms. The van der Waals surface area contributed by atoms with Crippen molar-refractivity contribution in [2.45, 2.75) is 31.7 Å². The molecule has 0 aromatic heterocycles. The largest absolute Gasteiger partial charge is 0.465 e. The van der Waals surface area contributed by atoms with Gasteiger partial charge < -0.3 is 10.5 Å². The van der Waals surface area contributed by atoms with E-state index in [-0.39, 0.29) is 24.4 Å². The second-order valence-electron chi connectivity index (χ2n) is 4.68. The molecule has 1 aliphatic carbocycles. The molecule has 0 unspecified atom stereocenters. The molecular weight excluding hydrogens is 250 g/mol. The minimum Gasteiger partial charge on any atom is -0.465 e. The number of methoxy groups -OCH3 is 1. The third kappa shape index (κ3) is 3.24. The van der Waals surface area contributed by atoms with Crippen LogP contribution in [0.3, 0.4) is 0 Å². The number of esters is 1. The lowest BCUT2D eigenvalue weighted by molar-refractivity contribution is 0.0600. The molecule has 0 aliphatic heterocycles. The molecule has 1 atom stereocenters. The fourth-order valence-electron chi connectivity index (χ4n) is 2.55. The van der Waals surface area contributed by atoms with Gasteiger partial charge in [-0.3, -0.25) is 0 Å². The van der Waals surface area contributed by atoms with E-state index < -0.39 is 0 Å². The van der Waals surface area contributed by atoms with E-state index in [0.717, 1.165) is 5.56 Å². The Morgan fingerprint density at radius 3 is 2.33 bits per heavy atom. The highest BCUT2D eigenvalue weighted by molar-refractivity contribution is 5.89. The molecule has 4 heteroatoms. The van der Waals surface area contributed by atoms with E-state index in [2.05, 4.69) is 4.74 Å². The van der Waals surface area contributed by atoms with E-state index in [1.165, 1.54) is 32.8 Å². The van der Waals surface area contributed by atoms with Gasteiger partial charge in [0.05, 0.1) is 12.7 Å². The summed E-state index contributed by atoms with van der Waals surface area (Å²) in [5, 5.41) is 0. The second-order valence-corrected chi connectivity index (χ2v) is 4.68. The molecule has 1 aromatic carbocycles. The fraction of sp³-hybridized carbons (Fsp3) is 0.500. The zero-order valence-electron chi connectivity index (χ0n) is 10.6. The molecule has 1 aromatic rings. The van der Waals surface area contributed by atoms with Crippen LogP contribution in [0.4, 0.5) is 0 Å². The highest BCUT2D eigenvalue weighted by Gasteiger charge is 2.23. The first-order valence-corrected chi connectivity index (χ1v) is 6.16. The summed E-state index contributed by atoms with van der Waals surface area (Å²) in [5.41, 5.74) is 7.94. The summed E-state index contributed by atoms with van der Waals surface area (Å²) < 4.78 is 4.67. The van der Waals surface area contributed by atoms with Crippen LogP contribution in [0, 0.1) is 5.92 Å². The van der Waals surface area contributed by atoms with E-state index in [9.17, 15) is 4.79 Å². The lowest BCUT2D eigenvalue weighted by Gasteiger charge is -2.19. The van der Waals surface area contributed by atoms with Gasteiger partial charge in [-0.25, -0.2) is 4.79 Å². The van der Waals surface area contributed by atoms with Crippen LogP contribution in [0.2, 0.25) is 0 Å². The average Bonchev–Trinajstić information content (AvgIpc) is 2.91. The van der Waals surface area contributed by atoms with Crippen molar-refractivity contribution < 1.29 is 9.53 Å². The minimum atomic E-state index is -0.300. The molecule has 2 N–H and O–H groups in total. The van der Waals surface area contributed by atoms with Crippen molar-refractivity contribution in [3.8, 4) is 0 Å². The zero-order chi connectivity index (χ0) is 12.3. The maximum Gasteiger partial charge on any atom is 0.337 e. The van der Waals surface area contributed by atoms with Crippen LogP contribution in [-0.4, -0.2) is 13.1 Å². The van der Waals surface area contributed by atoms with Crippen LogP contribution in [0.5, 0.6) is 0 Å². The number of carbonyl (C=O) groups excluding carboxylic acids is 1. The number of hydrogen-bond donors (Lipinski definition) is 1. The molecule has 3 nitrogen and oxygen atoms in total. The summed E-state index contributed by atoms with van der Waals surface area (Å²) in [6.45, 7) is 0. The maximum atomic E-state index is 11.3. The highest BCUT2D eigenvalue weighted by Crippen LogP contribution is 2.34. The number of benzene rings is 1. The van der Waals surface area contributed by atoms with Gasteiger partial charge in [0.1, 0.15) is 0 Å². The van der Waals surface area contributed by atoms with Crippen LogP contribution in [-0.2, 0) is 4.74 Å². The van der Waals surface area contributed by atoms with E-state index in [0.29, 0.717) is 11.5 Å². The first-order chi connectivity index (χ1) is 8.22. The molecule has 1 fully saturated rings. The van der Waals surface area contributed by atoms with Gasteiger partial charge in [0, 0.05) is 6.04 Å². The summed E-state index contributed by atoms with van der Waals surface area (Å²) in [7, 11) is 1.39. The van der Waals surface area contributed by atoms with Crippen molar-refractivity contribution in [2.75, 3.05) is 7.11 Å². The van der Waals surface area contributed by atoms with Gasteiger partial charge in [0.15, 0.2) is 0 Å². The Kier molecular flexibility index (Phi) is 5.63. The lowest BCUT2D eigenvalue weighted by atomic mass is 9.92. The van der Waals surface area contributed by atoms with Crippen molar-refractivity contribution in [1.29, 1.82) is 0 Å². The molecule has 1 saturated carbocycles. The van der Waals surface area contributed by atoms with E-state index in [1.807, 2.05) is 12.1 Å². The summed E-state index contributed by atoms with van der Waals surface area (Å²) in [6.07, 6.45) is 5.02. The Morgan fingerprint density at radius 2 is 1.83 bits per heavy atom. The summed E-state index contributed by atoms with van der Waals surface area (Å²) in [6, 6.07) is 7.56. The maximum absolute atomic E-state index is 11.3. The van der Waals surface area contributed by atoms with Gasteiger partial charge in [-0.1, -0.05) is 25.0 Å². The number of ether oxygens (including phenoxy) is 1. The van der Waals surface area contributed by atoms with Crippen LogP contribution in [0.1, 0.15) is 47.6 Å². The molecular formula is C14H20ClNO2. The number of carbonyl (C=O) groups is 1. The van der Waals surface area contributed by atoms with Gasteiger partial charge >= 0.3 is 5.97 Å². The Labute approximate surface area is 114 Å². The van der Waals surface area contributed by atoms with Crippen molar-refractivity contribution in [3.63, 3.8) is 0 Å². The molecule has 0 saturated heterocycles. The SMILES string of the molecule is COC(=O)c1ccc([C@H](N)C2CCCC2)cc1.Cl. The molecule has 0 radical (unpaired) electrons. The first kappa shape index (κ1) is 15.0. The standard InChI is InChI=1S/C14H19NO2.ClH/c1-17-14(16)12-8-6-11(7-9-12)13(15)10-4-2-3-5-10;/h6-10,13H,2-5,15H2,1H3;1H/t13-;/m1./s1. The van der Waals surface area contributed by atoms with Crippen molar-refractivity contribution >= 4 is 18.4 Å². The van der Waals surface area contributed by atoms with Crippen molar-refractivity contribution in [3.05, 3.63) is 35.4 Å². The molecule has 0 bridgehead atoms. The lowest BCUT2D eigenvalue weighted by Crippen LogP contribution is -2.19. The van der Waals surface area contributed by atoms with E-state index in [4.69, 9.17) is 5.73 Å². The molecule has 2 rings (SSSR count). The Bertz CT molecular complexity index is 385. The summed E-state index contributed by atoms with van der Waals surface area (Å²) >= 11 is 0. The van der Waals surface area contributed by atoms with Crippen LogP contribution >= 0.6 is 12.4 Å². The topological polar surface area (TPSA) is 52.3 Å². The monoisotopic (exact) mass is 269 g/mol. The Hall–Kier alpha value is -1.06. The first-order valence-electron chi connectivity index (χ1n) is 6.16. The Balaban J connectivity index is 0.00000162. The quantitative estimate of drug-likeness (QED) is 0.858. The third-order valence-corrected chi connectivity index (χ3v) is 3.62. The summed E-state index contributed by atoms with van der Waals surface area (Å²) in [5.74, 6) is 0.296. The number of nitrogens with two attached hydrogens (primary N) is 1. The fourth-order valence-corrected chi connectivity index (χ4v) is 2.55. The number of rotatable bonds is 3. The van der Waals surface area contributed by atoms with Gasteiger partial charge in [0.2, 0.25) is 0 Å². The predicted octanol–water partition coefficient (Wildman–Crippen LogP) is 3.09. The molecule has 100 valence electrons. The van der Waals surface area contributed by atoms with Crippen molar-refractivity contribution in [1.82, 2.24) is 0 Å². The van der Waals surface area contributed by atoms with Gasteiger partial charge in [-0.2, -0.15) is 0 Å². The zero-order valence-corrected chi connectivity index (χ0v) is 11.4. The smallest absolute Gasteiger partial charge is 0.337 e. The summed E-state index contributed by atoms with van der Waals surface area (Å²) in [4.78, 5) is 11.3. The second kappa shape index (κ2) is 6.76. The van der Waals surface area contributed by atoms with Gasteiger partial charge in [-0.15, -0.1) is 12.4 Å². The van der Waals surface area contributed by atoms with Crippen LogP contribution in [0.25, 0.3) is 0 Å². The molecule has 1 aliphatic rings. The van der Waals surface area contributed by atoms with E-state index >= 15 is 0 Å². The van der Waals surface area contributed by atoms with Gasteiger partial charge in [0.25, 0.3) is 0 Å². The van der Waals surface area contributed by atoms with Crippen LogP contribution < -0.4 is 5.73 Å². The van der Waals surface area contributed by atoms with E-state index in [1.54, 1.807) is 12.1 Å². The number of hydrogen-bond acceptors (Lipinski definition) is 3. The minimum absolute atomic E-state index is 0. The van der Waals surface area contributed by atoms with Crippen LogP contribution in [0.15, 0.2) is 24.3 Å². The highest BCUT2D eigenvalue weighted by atomic mass is 35.5. The molecule has 0 spiro atoms. The number of halogens is 1. The van der Waals surface area contributed by atoms with Crippen molar-refractivity contribution in [2.24, 2.45) is 11.7 Å². The molecule has 0 amide bonds. The third-order valence-electron chi connectivity index (χ3n) is 3.62. The normalized spacial score (nSPS) is 17.0. The van der Waals surface area contributed by atoms with Gasteiger partial charge in [-0.05, 0) is 36.5 Å².